The van der Waals surface area contributed by atoms with Gasteiger partial charge in [-0.05, 0) is 51.1 Å². The monoisotopic (exact) mass is 446 g/mol. The number of amides is 2. The van der Waals surface area contributed by atoms with Gasteiger partial charge in [-0.2, -0.15) is 0 Å². The van der Waals surface area contributed by atoms with Crippen LogP contribution in [0.4, 0.5) is 5.69 Å². The predicted molar refractivity (Wildman–Crippen MR) is 128 cm³/mol. The zero-order chi connectivity index (χ0) is 23.2. The van der Waals surface area contributed by atoms with Gasteiger partial charge in [-0.1, -0.05) is 42.5 Å². The zero-order valence-electron chi connectivity index (χ0n) is 19.1. The minimum atomic E-state index is -0.109. The zero-order valence-corrected chi connectivity index (χ0v) is 19.1. The fourth-order valence-electron chi connectivity index (χ4n) is 4.16. The molecule has 1 fully saturated rings. The Morgan fingerprint density at radius 2 is 1.88 bits per heavy atom. The summed E-state index contributed by atoms with van der Waals surface area (Å²) in [7, 11) is 2.05. The first kappa shape index (κ1) is 22.7. The molecule has 2 N–H and O–H groups in total. The Balaban J connectivity index is 1.43. The number of nitrogens with zero attached hydrogens (tertiary/aromatic N) is 2. The summed E-state index contributed by atoms with van der Waals surface area (Å²) >= 11 is 0. The lowest BCUT2D eigenvalue weighted by molar-refractivity contribution is -0.126. The van der Waals surface area contributed by atoms with Gasteiger partial charge in [0.05, 0.1) is 30.1 Å². The number of aryl methyl sites for hydroxylation is 1. The number of likely N-dealkylation sites (tertiary alicyclic amines) is 1. The molecule has 172 valence electrons. The maximum Gasteiger partial charge on any atom is 0.228 e. The van der Waals surface area contributed by atoms with Gasteiger partial charge in [0.2, 0.25) is 17.7 Å². The molecule has 1 aromatic heterocycles. The number of rotatable bonds is 7. The first-order valence-corrected chi connectivity index (χ1v) is 11.4. The molecule has 2 heterocycles. The Bertz CT molecular complexity index is 1110. The van der Waals surface area contributed by atoms with Gasteiger partial charge in [0.1, 0.15) is 11.5 Å². The van der Waals surface area contributed by atoms with E-state index in [1.165, 1.54) is 0 Å². The van der Waals surface area contributed by atoms with Crippen molar-refractivity contribution in [3.8, 4) is 11.5 Å². The number of aromatic nitrogens is 1. The summed E-state index contributed by atoms with van der Waals surface area (Å²) in [6.07, 6.45) is 2.23. The van der Waals surface area contributed by atoms with Crippen LogP contribution in [0.1, 0.15) is 29.9 Å². The Labute approximate surface area is 194 Å². The van der Waals surface area contributed by atoms with Crippen LogP contribution in [0, 0.1) is 12.8 Å². The number of anilines is 1. The molecule has 0 aliphatic carbocycles. The fourth-order valence-corrected chi connectivity index (χ4v) is 4.16. The van der Waals surface area contributed by atoms with Gasteiger partial charge in [0.25, 0.3) is 0 Å². The molecule has 33 heavy (non-hydrogen) atoms. The molecule has 1 aliphatic rings. The average Bonchev–Trinajstić information content (AvgIpc) is 3.18. The summed E-state index contributed by atoms with van der Waals surface area (Å²) in [5.41, 5.74) is 2.98. The van der Waals surface area contributed by atoms with Gasteiger partial charge in [-0.25, -0.2) is 4.98 Å². The van der Waals surface area contributed by atoms with Crippen LogP contribution in [0.2, 0.25) is 0 Å². The highest BCUT2D eigenvalue weighted by molar-refractivity contribution is 5.95. The largest absolute Gasteiger partial charge is 0.441 e. The van der Waals surface area contributed by atoms with Gasteiger partial charge >= 0.3 is 0 Å². The van der Waals surface area contributed by atoms with Crippen molar-refractivity contribution < 1.29 is 14.0 Å². The van der Waals surface area contributed by atoms with Crippen LogP contribution in [0.15, 0.2) is 59.0 Å². The van der Waals surface area contributed by atoms with E-state index in [2.05, 4.69) is 20.5 Å². The van der Waals surface area contributed by atoms with Gasteiger partial charge in [0.15, 0.2) is 0 Å². The fraction of sp³-hybridized carbons (Fsp3) is 0.346. The Morgan fingerprint density at radius 3 is 2.67 bits per heavy atom. The van der Waals surface area contributed by atoms with E-state index in [-0.39, 0.29) is 24.2 Å². The molecule has 2 aromatic carbocycles. The second-order valence-corrected chi connectivity index (χ2v) is 8.60. The van der Waals surface area contributed by atoms with Crippen molar-refractivity contribution in [2.75, 3.05) is 25.5 Å². The van der Waals surface area contributed by atoms with E-state index in [0.717, 1.165) is 31.5 Å². The Hall–Kier alpha value is -3.45. The number of piperidine rings is 1. The molecule has 2 amide bonds. The Morgan fingerprint density at radius 1 is 1.12 bits per heavy atom. The van der Waals surface area contributed by atoms with E-state index >= 15 is 0 Å². The van der Waals surface area contributed by atoms with Crippen molar-refractivity contribution in [1.82, 2.24) is 15.2 Å². The van der Waals surface area contributed by atoms with Crippen LogP contribution in [0.25, 0.3) is 11.5 Å². The van der Waals surface area contributed by atoms with E-state index in [1.54, 1.807) is 0 Å². The van der Waals surface area contributed by atoms with Crippen LogP contribution in [0.3, 0.4) is 0 Å². The highest BCUT2D eigenvalue weighted by Crippen LogP contribution is 2.29. The summed E-state index contributed by atoms with van der Waals surface area (Å²) in [5, 5.41) is 5.98. The van der Waals surface area contributed by atoms with Crippen molar-refractivity contribution in [2.45, 2.75) is 32.7 Å². The number of hydrogen-bond acceptors (Lipinski definition) is 5. The van der Waals surface area contributed by atoms with Gasteiger partial charge in [0, 0.05) is 6.54 Å². The molecule has 3 aromatic rings. The van der Waals surface area contributed by atoms with Crippen molar-refractivity contribution in [2.24, 2.45) is 5.92 Å². The predicted octanol–water partition coefficient (Wildman–Crippen LogP) is 3.79. The number of carbonyl (C=O) groups is 2. The van der Waals surface area contributed by atoms with Crippen molar-refractivity contribution in [3.05, 3.63) is 71.6 Å². The SMILES string of the molecule is Cc1oc(-c2ccccc2NC(=O)Cc2ccccc2)nc1CNC(=O)C1CCCN(C)C1. The quantitative estimate of drug-likeness (QED) is 0.577. The van der Waals surface area contributed by atoms with Gasteiger partial charge in [-0.3, -0.25) is 9.59 Å². The van der Waals surface area contributed by atoms with Crippen LogP contribution in [-0.4, -0.2) is 41.8 Å². The summed E-state index contributed by atoms with van der Waals surface area (Å²) < 4.78 is 5.91. The molecule has 7 nitrogen and oxygen atoms in total. The number of hydrogen-bond donors (Lipinski definition) is 2. The number of nitrogens with one attached hydrogen (secondary N) is 2. The molecule has 0 spiro atoms. The lowest BCUT2D eigenvalue weighted by atomic mass is 9.97. The van der Waals surface area contributed by atoms with Crippen molar-refractivity contribution in [3.63, 3.8) is 0 Å². The minimum absolute atomic E-state index is 0.0102. The first-order valence-electron chi connectivity index (χ1n) is 11.4. The maximum atomic E-state index is 12.6. The molecule has 0 bridgehead atoms. The van der Waals surface area contributed by atoms with E-state index in [1.807, 2.05) is 68.6 Å². The van der Waals surface area contributed by atoms with E-state index < -0.39 is 0 Å². The number of benzene rings is 2. The second kappa shape index (κ2) is 10.4. The van der Waals surface area contributed by atoms with E-state index in [0.29, 0.717) is 35.1 Å². The topological polar surface area (TPSA) is 87.5 Å². The number of carbonyl (C=O) groups excluding carboxylic acids is 2. The third-order valence-electron chi connectivity index (χ3n) is 5.96. The molecule has 1 aliphatic heterocycles. The highest BCUT2D eigenvalue weighted by Gasteiger charge is 2.24. The second-order valence-electron chi connectivity index (χ2n) is 8.60. The minimum Gasteiger partial charge on any atom is -0.441 e. The number of oxazole rings is 1. The third-order valence-corrected chi connectivity index (χ3v) is 5.96. The molecule has 4 rings (SSSR count). The van der Waals surface area contributed by atoms with Gasteiger partial charge in [-0.15, -0.1) is 0 Å². The normalized spacial score (nSPS) is 16.4. The summed E-state index contributed by atoms with van der Waals surface area (Å²) in [6, 6.07) is 17.0. The Kier molecular flexibility index (Phi) is 7.19. The molecular weight excluding hydrogens is 416 g/mol. The van der Waals surface area contributed by atoms with Crippen molar-refractivity contribution >= 4 is 17.5 Å². The van der Waals surface area contributed by atoms with Crippen LogP contribution in [-0.2, 0) is 22.6 Å². The van der Waals surface area contributed by atoms with E-state index in [9.17, 15) is 9.59 Å². The lowest BCUT2D eigenvalue weighted by Crippen LogP contribution is -2.41. The molecule has 1 saturated heterocycles. The third kappa shape index (κ3) is 5.87. The first-order chi connectivity index (χ1) is 16.0. The molecule has 0 radical (unpaired) electrons. The molecular formula is C26H30N4O3. The van der Waals surface area contributed by atoms with Crippen LogP contribution in [0.5, 0.6) is 0 Å². The summed E-state index contributed by atoms with van der Waals surface area (Å²) in [5.74, 6) is 1.03. The standard InChI is InChI=1S/C26H30N4O3/c1-18-23(16-27-25(32)20-11-8-14-30(2)17-20)29-26(33-18)21-12-6-7-13-22(21)28-24(31)15-19-9-4-3-5-10-19/h3-7,9-10,12-13,20H,8,11,14-17H2,1-2H3,(H,27,32)(H,28,31). The molecule has 0 saturated carbocycles. The smallest absolute Gasteiger partial charge is 0.228 e. The highest BCUT2D eigenvalue weighted by atomic mass is 16.4. The van der Waals surface area contributed by atoms with E-state index in [4.69, 9.17) is 4.42 Å². The average molecular weight is 447 g/mol. The van der Waals surface area contributed by atoms with Crippen LogP contribution >= 0.6 is 0 Å². The molecule has 1 atom stereocenters. The number of para-hydroxylation sites is 1. The molecule has 1 unspecified atom stereocenters. The van der Waals surface area contributed by atoms with Crippen LogP contribution < -0.4 is 10.6 Å². The summed E-state index contributed by atoms with van der Waals surface area (Å²) in [4.78, 5) is 32.0. The summed E-state index contributed by atoms with van der Waals surface area (Å²) in [6.45, 7) is 3.97. The van der Waals surface area contributed by atoms with Crippen molar-refractivity contribution in [1.29, 1.82) is 0 Å². The maximum absolute atomic E-state index is 12.6. The molecule has 7 heteroatoms. The van der Waals surface area contributed by atoms with Gasteiger partial charge < -0.3 is 20.0 Å². The lowest BCUT2D eigenvalue weighted by Gasteiger charge is -2.28.